The zero-order valence-electron chi connectivity index (χ0n) is 12.3. The maximum absolute atomic E-state index is 12.3. The average Bonchev–Trinajstić information content (AvgIpc) is 2.44. The third kappa shape index (κ3) is 2.90. The van der Waals surface area contributed by atoms with Crippen molar-refractivity contribution >= 4 is 11.7 Å². The van der Waals surface area contributed by atoms with E-state index < -0.39 is 5.41 Å². The Kier molecular flexibility index (Phi) is 4.86. The Labute approximate surface area is 120 Å². The first-order valence-corrected chi connectivity index (χ1v) is 7.60. The fourth-order valence-corrected chi connectivity index (χ4v) is 3.12. The molecule has 1 aliphatic heterocycles. The zero-order chi connectivity index (χ0) is 14.6. The number of nitrogens with two attached hydrogens (primary N) is 1. The van der Waals surface area contributed by atoms with Gasteiger partial charge in [-0.15, -0.1) is 0 Å². The summed E-state index contributed by atoms with van der Waals surface area (Å²) in [7, 11) is 0. The van der Waals surface area contributed by atoms with Gasteiger partial charge in [-0.3, -0.25) is 9.69 Å². The van der Waals surface area contributed by atoms with Gasteiger partial charge in [-0.25, -0.2) is 0 Å². The SMILES string of the molecule is CC(CNC(=O)C1(C(N)=NO)CCC1)N1CCCCC1. The Morgan fingerprint density at radius 3 is 2.50 bits per heavy atom. The quantitative estimate of drug-likeness (QED) is 0.302. The van der Waals surface area contributed by atoms with Gasteiger partial charge < -0.3 is 16.3 Å². The van der Waals surface area contributed by atoms with Gasteiger partial charge in [0.2, 0.25) is 5.91 Å². The van der Waals surface area contributed by atoms with E-state index in [1.54, 1.807) is 0 Å². The lowest BCUT2D eigenvalue weighted by Crippen LogP contribution is -2.56. The molecule has 0 bridgehead atoms. The van der Waals surface area contributed by atoms with Gasteiger partial charge >= 0.3 is 0 Å². The van der Waals surface area contributed by atoms with Gasteiger partial charge in [-0.05, 0) is 45.7 Å². The highest BCUT2D eigenvalue weighted by Crippen LogP contribution is 2.41. The lowest BCUT2D eigenvalue weighted by molar-refractivity contribution is -0.131. The third-order valence-corrected chi connectivity index (χ3v) is 4.81. The van der Waals surface area contributed by atoms with Crippen LogP contribution in [0.25, 0.3) is 0 Å². The van der Waals surface area contributed by atoms with Gasteiger partial charge in [0, 0.05) is 12.6 Å². The number of carbonyl (C=O) groups is 1. The molecule has 1 aliphatic carbocycles. The Bertz CT molecular complexity index is 373. The molecule has 4 N–H and O–H groups in total. The third-order valence-electron chi connectivity index (χ3n) is 4.81. The second kappa shape index (κ2) is 6.43. The molecule has 1 unspecified atom stereocenters. The maximum Gasteiger partial charge on any atom is 0.234 e. The average molecular weight is 282 g/mol. The number of amidine groups is 1. The summed E-state index contributed by atoms with van der Waals surface area (Å²) in [5.74, 6) is -0.0465. The van der Waals surface area contributed by atoms with Crippen molar-refractivity contribution in [3.63, 3.8) is 0 Å². The fourth-order valence-electron chi connectivity index (χ4n) is 3.12. The molecule has 0 aromatic rings. The molecule has 6 heteroatoms. The number of piperidine rings is 1. The monoisotopic (exact) mass is 282 g/mol. The molecule has 1 saturated heterocycles. The van der Waals surface area contributed by atoms with E-state index in [-0.39, 0.29) is 11.7 Å². The zero-order valence-corrected chi connectivity index (χ0v) is 12.3. The molecule has 0 radical (unpaired) electrons. The molecule has 2 aliphatic rings. The predicted molar refractivity (Wildman–Crippen MR) is 77.6 cm³/mol. The van der Waals surface area contributed by atoms with Crippen molar-refractivity contribution < 1.29 is 10.0 Å². The van der Waals surface area contributed by atoms with Crippen LogP contribution in [0, 0.1) is 5.41 Å². The van der Waals surface area contributed by atoms with Crippen molar-refractivity contribution in [2.75, 3.05) is 19.6 Å². The molecule has 0 aromatic carbocycles. The van der Waals surface area contributed by atoms with Crippen LogP contribution in [-0.4, -0.2) is 47.5 Å². The molecule has 0 aromatic heterocycles. The number of nitrogens with zero attached hydrogens (tertiary/aromatic N) is 2. The van der Waals surface area contributed by atoms with Gasteiger partial charge in [0.1, 0.15) is 5.41 Å². The summed E-state index contributed by atoms with van der Waals surface area (Å²) in [6, 6.07) is 0.337. The van der Waals surface area contributed by atoms with Crippen LogP contribution in [0.2, 0.25) is 0 Å². The van der Waals surface area contributed by atoms with E-state index in [0.29, 0.717) is 25.4 Å². The van der Waals surface area contributed by atoms with Crippen molar-refractivity contribution in [1.82, 2.24) is 10.2 Å². The van der Waals surface area contributed by atoms with Crippen LogP contribution >= 0.6 is 0 Å². The van der Waals surface area contributed by atoms with E-state index in [1.165, 1.54) is 19.3 Å². The van der Waals surface area contributed by atoms with Crippen LogP contribution < -0.4 is 11.1 Å². The van der Waals surface area contributed by atoms with Crippen LogP contribution in [0.15, 0.2) is 5.16 Å². The lowest BCUT2D eigenvalue weighted by atomic mass is 9.67. The minimum absolute atomic E-state index is 0.0480. The molecule has 2 fully saturated rings. The van der Waals surface area contributed by atoms with Crippen LogP contribution in [-0.2, 0) is 4.79 Å². The highest BCUT2D eigenvalue weighted by molar-refractivity contribution is 6.07. The van der Waals surface area contributed by atoms with E-state index in [2.05, 4.69) is 22.3 Å². The number of amides is 1. The van der Waals surface area contributed by atoms with Gasteiger partial charge in [-0.2, -0.15) is 0 Å². The molecule has 2 rings (SSSR count). The number of oxime groups is 1. The Morgan fingerprint density at radius 2 is 2.00 bits per heavy atom. The highest BCUT2D eigenvalue weighted by Gasteiger charge is 2.48. The van der Waals surface area contributed by atoms with Gasteiger partial charge in [0.25, 0.3) is 0 Å². The second-order valence-electron chi connectivity index (χ2n) is 6.08. The molecule has 6 nitrogen and oxygen atoms in total. The number of hydrogen-bond acceptors (Lipinski definition) is 4. The van der Waals surface area contributed by atoms with E-state index >= 15 is 0 Å². The first-order valence-electron chi connectivity index (χ1n) is 7.60. The maximum atomic E-state index is 12.3. The summed E-state index contributed by atoms with van der Waals surface area (Å²) in [6.45, 7) is 4.99. The molecule has 0 spiro atoms. The predicted octanol–water partition coefficient (Wildman–Crippen LogP) is 0.894. The topological polar surface area (TPSA) is 91.0 Å². The van der Waals surface area contributed by atoms with Gasteiger partial charge in [-0.1, -0.05) is 18.0 Å². The lowest BCUT2D eigenvalue weighted by Gasteiger charge is -2.39. The minimum atomic E-state index is -0.767. The van der Waals surface area contributed by atoms with E-state index in [9.17, 15) is 4.79 Å². The molecule has 114 valence electrons. The van der Waals surface area contributed by atoms with Crippen molar-refractivity contribution in [3.05, 3.63) is 0 Å². The largest absolute Gasteiger partial charge is 0.409 e. The Balaban J connectivity index is 1.85. The molecular weight excluding hydrogens is 256 g/mol. The Hall–Kier alpha value is -1.30. The fraction of sp³-hybridized carbons (Fsp3) is 0.857. The van der Waals surface area contributed by atoms with E-state index in [0.717, 1.165) is 19.5 Å². The summed E-state index contributed by atoms with van der Waals surface area (Å²) in [4.78, 5) is 14.8. The highest BCUT2D eigenvalue weighted by atomic mass is 16.4. The van der Waals surface area contributed by atoms with E-state index in [1.807, 2.05) is 0 Å². The van der Waals surface area contributed by atoms with Crippen LogP contribution in [0.4, 0.5) is 0 Å². The van der Waals surface area contributed by atoms with Crippen LogP contribution in [0.1, 0.15) is 45.4 Å². The van der Waals surface area contributed by atoms with Crippen molar-refractivity contribution in [3.8, 4) is 0 Å². The van der Waals surface area contributed by atoms with Crippen LogP contribution in [0.5, 0.6) is 0 Å². The van der Waals surface area contributed by atoms with Crippen LogP contribution in [0.3, 0.4) is 0 Å². The summed E-state index contributed by atoms with van der Waals surface area (Å²) in [5.41, 5.74) is 4.92. The van der Waals surface area contributed by atoms with E-state index in [4.69, 9.17) is 10.9 Å². The molecule has 1 amide bonds. The van der Waals surface area contributed by atoms with Crippen molar-refractivity contribution in [2.24, 2.45) is 16.3 Å². The standard InChI is InChI=1S/C14H26N4O2/c1-11(18-8-3-2-4-9-18)10-16-13(19)14(6-5-7-14)12(15)17-20/h11,20H,2-10H2,1H3,(H2,15,17)(H,16,19). The minimum Gasteiger partial charge on any atom is -0.409 e. The van der Waals surface area contributed by atoms with Crippen molar-refractivity contribution in [1.29, 1.82) is 0 Å². The molecule has 1 atom stereocenters. The number of likely N-dealkylation sites (tertiary alicyclic amines) is 1. The second-order valence-corrected chi connectivity index (χ2v) is 6.08. The summed E-state index contributed by atoms with van der Waals surface area (Å²) in [6.07, 6.45) is 6.09. The first kappa shape index (κ1) is 15.1. The first-order chi connectivity index (χ1) is 9.60. The smallest absolute Gasteiger partial charge is 0.234 e. The summed E-state index contributed by atoms with van der Waals surface area (Å²) >= 11 is 0. The number of hydrogen-bond donors (Lipinski definition) is 3. The molecule has 1 saturated carbocycles. The van der Waals surface area contributed by atoms with Gasteiger partial charge in [0.15, 0.2) is 5.84 Å². The summed E-state index contributed by atoms with van der Waals surface area (Å²) in [5, 5.41) is 14.9. The molecule has 1 heterocycles. The molecule has 20 heavy (non-hydrogen) atoms. The number of rotatable bonds is 5. The number of carbonyl (C=O) groups excluding carboxylic acids is 1. The number of nitrogens with one attached hydrogen (secondary N) is 1. The normalized spacial score (nSPS) is 24.8. The van der Waals surface area contributed by atoms with Gasteiger partial charge in [0.05, 0.1) is 0 Å². The molecular formula is C14H26N4O2. The Morgan fingerprint density at radius 1 is 1.35 bits per heavy atom. The van der Waals surface area contributed by atoms with Crippen molar-refractivity contribution in [2.45, 2.75) is 51.5 Å². The summed E-state index contributed by atoms with van der Waals surface area (Å²) < 4.78 is 0.